The van der Waals surface area contributed by atoms with Crippen LogP contribution in [0.5, 0.6) is 0 Å². The Hall–Kier alpha value is -3.34. The van der Waals surface area contributed by atoms with Gasteiger partial charge in [-0.2, -0.15) is 70.6 Å². The van der Waals surface area contributed by atoms with E-state index in [4.69, 9.17) is 0 Å². The molecule has 0 amide bonds. The van der Waals surface area contributed by atoms with Gasteiger partial charge in [0.15, 0.2) is 5.12 Å². The molecule has 0 saturated heterocycles. The Morgan fingerprint density at radius 1 is 0.168 bits per heavy atom. The third-order valence-corrected chi connectivity index (χ3v) is 29.3. The molecule has 113 heavy (non-hydrogen) atoms. The van der Waals surface area contributed by atoms with Crippen LogP contribution in [0, 0.1) is 0 Å². The summed E-state index contributed by atoms with van der Waals surface area (Å²) in [5, 5.41) is 0.185. The van der Waals surface area contributed by atoms with E-state index in [-0.39, 0.29) is 5.12 Å². The Morgan fingerprint density at radius 2 is 0.283 bits per heavy atom. The summed E-state index contributed by atoms with van der Waals surface area (Å²) in [5.74, 6) is 12.9. The third-order valence-electron chi connectivity index (χ3n) is 22.0. The van der Waals surface area contributed by atoms with E-state index in [2.05, 4.69) is 253 Å². The number of hydrogen-bond acceptors (Lipinski definition) is 8. The maximum atomic E-state index is 12.6. The third kappa shape index (κ3) is 42.9. The molecule has 0 atom stereocenters. The lowest BCUT2D eigenvalue weighted by Crippen LogP contribution is -1.97. The lowest BCUT2D eigenvalue weighted by atomic mass is 9.98. The Bertz CT molecular complexity index is 3160. The zero-order valence-corrected chi connectivity index (χ0v) is 78.6. The van der Waals surface area contributed by atoms with Crippen LogP contribution in [0.2, 0.25) is 0 Å². The van der Waals surface area contributed by atoms with Gasteiger partial charge in [-0.15, -0.1) is 0 Å². The Morgan fingerprint density at radius 3 is 0.407 bits per heavy atom. The summed E-state index contributed by atoms with van der Waals surface area (Å²) >= 11 is 14.0. The van der Waals surface area contributed by atoms with E-state index >= 15 is 0 Å². The predicted octanol–water partition coefficient (Wildman–Crippen LogP) is 34.0. The van der Waals surface area contributed by atoms with Crippen molar-refractivity contribution in [2.75, 3.05) is 0 Å². The first-order valence-electron chi connectivity index (χ1n) is 45.9. The number of aryl methyl sites for hydroxylation is 8. The molecule has 0 aliphatic rings. The van der Waals surface area contributed by atoms with E-state index in [1.807, 2.05) is 0 Å². The zero-order chi connectivity index (χ0) is 80.0. The van der Waals surface area contributed by atoms with Gasteiger partial charge in [0.2, 0.25) is 0 Å². The minimum Gasteiger partial charge on any atom is -0.288 e. The smallest absolute Gasteiger partial charge is 0.186 e. The normalized spacial score (nSPS) is 11.6. The number of rotatable bonds is 66. The minimum atomic E-state index is 0.185. The summed E-state index contributed by atoms with van der Waals surface area (Å²) in [6.07, 6.45) is 51.6. The molecule has 7 rings (SSSR count). The van der Waals surface area contributed by atoms with Gasteiger partial charge in [0.25, 0.3) is 0 Å². The topological polar surface area (TPSA) is 17.1 Å². The molecular weight excluding hydrogens is 1500 g/mol. The highest BCUT2D eigenvalue weighted by atomic mass is 32.2. The van der Waals surface area contributed by atoms with Crippen molar-refractivity contribution in [3.8, 4) is 0 Å². The summed E-state index contributed by atoms with van der Waals surface area (Å²) in [7, 11) is 0. The van der Waals surface area contributed by atoms with Gasteiger partial charge >= 0.3 is 0 Å². The second kappa shape index (κ2) is 61.0. The van der Waals surface area contributed by atoms with Crippen LogP contribution in [0.4, 0.5) is 0 Å². The quantitative estimate of drug-likeness (QED) is 0.0347. The van der Waals surface area contributed by atoms with Crippen LogP contribution in [0.15, 0.2) is 127 Å². The molecule has 1 nitrogen and oxygen atoms in total. The van der Waals surface area contributed by atoms with Crippen LogP contribution in [0.1, 0.15) is 385 Å². The molecule has 0 aromatic heterocycles. The van der Waals surface area contributed by atoms with Gasteiger partial charge < -0.3 is 0 Å². The molecule has 0 unspecified atom stereocenters. The highest BCUT2D eigenvalue weighted by molar-refractivity contribution is 8.12. The summed E-state index contributed by atoms with van der Waals surface area (Å²) in [6.45, 7) is 20.3. The van der Waals surface area contributed by atoms with Gasteiger partial charge in [0.1, 0.15) is 0 Å². The highest BCUT2D eigenvalue weighted by Gasteiger charge is 2.14. The maximum Gasteiger partial charge on any atom is 0.186 e. The molecule has 0 saturated carbocycles. The lowest BCUT2D eigenvalue weighted by molar-refractivity contribution is -0.109. The van der Waals surface area contributed by atoms with Crippen molar-refractivity contribution in [1.29, 1.82) is 0 Å². The van der Waals surface area contributed by atoms with Crippen molar-refractivity contribution < 1.29 is 4.79 Å². The number of unbranched alkanes of at least 4 members (excludes halogenated alkanes) is 24. The van der Waals surface area contributed by atoms with Gasteiger partial charge in [-0.25, -0.2) is 0 Å². The predicted molar refractivity (Wildman–Crippen MR) is 520 cm³/mol. The molecule has 0 N–H and O–H groups in total. The lowest BCUT2D eigenvalue weighted by Gasteiger charge is -2.14. The monoisotopic (exact) mass is 1660 g/mol. The van der Waals surface area contributed by atoms with Gasteiger partial charge in [-0.3, -0.25) is 4.79 Å². The standard InChI is InChI=1S/C105H154OS7/c1-10-18-26-34-42-85-50-86(43-35-27-19-11-2)55-93(54-85)71-107-75-97-62-98(76-108-72-94-56-87(44-36-28-20-12-3)51-88(57-94)45-37-29-21-13-4)65-101(64-97)79-111-81-103-68-104(70-105(69-103)83-113-84(9)106)82-112-80-102-66-99(77-109-73-95-58-89(46-38-30-22-14-5)52-90(59-95)47-39-31-23-15-6)63-100(67-102)78-110-74-96-60-91(48-40-32-24-16-7)53-92(61-96)49-41-33-25-17-8/h50-70H,10-49,71-83H2,1-9H3. The minimum absolute atomic E-state index is 0.185. The Kier molecular flexibility index (Phi) is 52.3. The van der Waals surface area contributed by atoms with Crippen LogP contribution < -0.4 is 0 Å². The molecule has 7 aromatic carbocycles. The molecule has 0 fully saturated rings. The first kappa shape index (κ1) is 96.8. The van der Waals surface area contributed by atoms with Gasteiger partial charge in [-0.1, -0.05) is 349 Å². The van der Waals surface area contributed by atoms with Gasteiger partial charge in [0, 0.05) is 81.7 Å². The number of thioether (sulfide) groups is 7. The summed E-state index contributed by atoms with van der Waals surface area (Å²) in [5.41, 5.74) is 31.2. The molecule has 0 heterocycles. The summed E-state index contributed by atoms with van der Waals surface area (Å²) < 4.78 is 0. The first-order valence-corrected chi connectivity index (χ1v) is 53.8. The van der Waals surface area contributed by atoms with Crippen LogP contribution in [0.25, 0.3) is 0 Å². The van der Waals surface area contributed by atoms with Crippen molar-refractivity contribution in [3.05, 3.63) is 244 Å². The summed E-state index contributed by atoms with van der Waals surface area (Å²) in [6, 6.07) is 53.2. The second-order valence-electron chi connectivity index (χ2n) is 33.3. The Balaban J connectivity index is 1.09. The van der Waals surface area contributed by atoms with Crippen molar-refractivity contribution in [1.82, 2.24) is 0 Å². The van der Waals surface area contributed by atoms with E-state index in [0.717, 1.165) is 69.0 Å². The van der Waals surface area contributed by atoms with Crippen LogP contribution >= 0.6 is 82.3 Å². The van der Waals surface area contributed by atoms with Crippen molar-refractivity contribution >= 4 is 87.4 Å². The molecule has 0 bridgehead atoms. The van der Waals surface area contributed by atoms with Crippen molar-refractivity contribution in [2.45, 2.75) is 394 Å². The molecule has 0 aliphatic heterocycles. The fraction of sp³-hybridized carbons (Fsp3) is 0.590. The van der Waals surface area contributed by atoms with Crippen LogP contribution in [-0.4, -0.2) is 5.12 Å². The molecule has 0 aliphatic carbocycles. The molecule has 8 heteroatoms. The second-order valence-corrected chi connectivity index (χ2v) is 40.4. The summed E-state index contributed by atoms with van der Waals surface area (Å²) in [4.78, 5) is 12.6. The number of benzene rings is 7. The SMILES string of the molecule is CCCCCCc1cc(CCCCCC)cc(CSCc2cc(CSCc3cc(CCCCCC)cc(CCCCCC)c3)cc(CSCc3cc(CSCc4cc(CSCc5cc(CCCCCC)cc(CCCCCC)c5)cc(CSCc5cc(CCCCCC)cc(CCCCCC)c5)c4)cc(CSC(C)=O)c3)c2)c1. The van der Waals surface area contributed by atoms with E-state index in [0.29, 0.717) is 5.75 Å². The number of carbonyl (C=O) groups excluding carboxylic acids is 1. The van der Waals surface area contributed by atoms with E-state index in [1.54, 1.807) is 51.4 Å². The highest BCUT2D eigenvalue weighted by Crippen LogP contribution is 2.34. The average Bonchev–Trinajstić information content (AvgIpc) is 0.887. The number of carbonyl (C=O) groups is 1. The van der Waals surface area contributed by atoms with Crippen molar-refractivity contribution in [2.24, 2.45) is 0 Å². The van der Waals surface area contributed by atoms with Crippen LogP contribution in [-0.2, 0) is 131 Å². The molecule has 7 aromatic rings. The van der Waals surface area contributed by atoms with E-state index in [9.17, 15) is 4.79 Å². The average molecular weight is 1660 g/mol. The van der Waals surface area contributed by atoms with Crippen molar-refractivity contribution in [3.63, 3.8) is 0 Å². The Labute approximate surface area is 724 Å². The maximum absolute atomic E-state index is 12.6. The molecule has 0 radical (unpaired) electrons. The van der Waals surface area contributed by atoms with Gasteiger partial charge in [0.05, 0.1) is 0 Å². The molecular formula is C105H154OS7. The zero-order valence-electron chi connectivity index (χ0n) is 72.9. The number of hydrogen-bond donors (Lipinski definition) is 0. The fourth-order valence-corrected chi connectivity index (χ4v) is 22.0. The van der Waals surface area contributed by atoms with Crippen LogP contribution in [0.3, 0.4) is 0 Å². The first-order chi connectivity index (χ1) is 55.4. The largest absolute Gasteiger partial charge is 0.288 e. The van der Waals surface area contributed by atoms with E-state index < -0.39 is 0 Å². The van der Waals surface area contributed by atoms with E-state index in [1.165, 1.54) is 341 Å². The molecule has 0 spiro atoms. The fourth-order valence-electron chi connectivity index (χ4n) is 16.1. The van der Waals surface area contributed by atoms with Gasteiger partial charge in [-0.05, 0) is 220 Å². The molecule has 622 valence electrons.